The molecule has 1 saturated heterocycles. The van der Waals surface area contributed by atoms with Crippen molar-refractivity contribution >= 4 is 16.0 Å². The van der Waals surface area contributed by atoms with Crippen LogP contribution in [0.25, 0.3) is 0 Å². The first-order chi connectivity index (χ1) is 7.43. The standard InChI is InChI=1S/C9H14N2O4S/c1-2-8(5-10)16(14,15)11-4-3-7(6-11)9(12)13/h7-8H,2-4,6H2,1H3,(H,12,13). The summed E-state index contributed by atoms with van der Waals surface area (Å²) < 4.78 is 24.9. The number of nitriles is 1. The zero-order chi connectivity index (χ0) is 12.3. The molecule has 2 unspecified atom stereocenters. The van der Waals surface area contributed by atoms with Crippen molar-refractivity contribution in [3.8, 4) is 6.07 Å². The fourth-order valence-corrected chi connectivity index (χ4v) is 3.37. The van der Waals surface area contributed by atoms with Crippen molar-refractivity contribution in [2.24, 2.45) is 5.92 Å². The molecular formula is C9H14N2O4S. The van der Waals surface area contributed by atoms with Gasteiger partial charge in [-0.1, -0.05) is 6.92 Å². The monoisotopic (exact) mass is 246 g/mol. The zero-order valence-corrected chi connectivity index (χ0v) is 9.77. The lowest BCUT2D eigenvalue weighted by Gasteiger charge is -2.18. The molecule has 6 nitrogen and oxygen atoms in total. The smallest absolute Gasteiger partial charge is 0.307 e. The van der Waals surface area contributed by atoms with Crippen molar-refractivity contribution in [1.29, 1.82) is 5.26 Å². The van der Waals surface area contributed by atoms with E-state index in [1.807, 2.05) is 0 Å². The Kier molecular flexibility index (Phi) is 3.88. The number of hydrogen-bond acceptors (Lipinski definition) is 4. The Morgan fingerprint density at radius 2 is 2.31 bits per heavy atom. The molecular weight excluding hydrogens is 232 g/mol. The van der Waals surface area contributed by atoms with Gasteiger partial charge in [-0.2, -0.15) is 9.57 Å². The van der Waals surface area contributed by atoms with Crippen LogP contribution in [-0.4, -0.2) is 42.1 Å². The molecule has 0 aromatic rings. The van der Waals surface area contributed by atoms with E-state index in [1.54, 1.807) is 13.0 Å². The summed E-state index contributed by atoms with van der Waals surface area (Å²) in [6.07, 6.45) is 0.531. The molecule has 90 valence electrons. The number of rotatable bonds is 4. The maximum absolute atomic E-state index is 11.9. The number of aliphatic carboxylic acids is 1. The van der Waals surface area contributed by atoms with Gasteiger partial charge in [-0.3, -0.25) is 4.79 Å². The summed E-state index contributed by atoms with van der Waals surface area (Å²) in [6, 6.07) is 1.74. The average Bonchev–Trinajstić information content (AvgIpc) is 2.68. The number of carboxylic acids is 1. The molecule has 0 aromatic carbocycles. The number of carbonyl (C=O) groups is 1. The minimum absolute atomic E-state index is 0.0180. The van der Waals surface area contributed by atoms with E-state index in [2.05, 4.69) is 0 Å². The molecule has 7 heteroatoms. The quantitative estimate of drug-likeness (QED) is 0.754. The van der Waals surface area contributed by atoms with Gasteiger partial charge < -0.3 is 5.11 Å². The Morgan fingerprint density at radius 1 is 1.69 bits per heavy atom. The third-order valence-electron chi connectivity index (χ3n) is 2.73. The van der Waals surface area contributed by atoms with E-state index < -0.39 is 27.2 Å². The minimum Gasteiger partial charge on any atom is -0.481 e. The summed E-state index contributed by atoms with van der Waals surface area (Å²) in [5, 5.41) is 16.4. The number of hydrogen-bond donors (Lipinski definition) is 1. The molecule has 0 bridgehead atoms. The molecule has 1 N–H and O–H groups in total. The highest BCUT2D eigenvalue weighted by atomic mass is 32.2. The second-order valence-corrected chi connectivity index (χ2v) is 5.87. The predicted octanol–water partition coefficient (Wildman–Crippen LogP) is 0.0249. The van der Waals surface area contributed by atoms with Gasteiger partial charge in [0.1, 0.15) is 0 Å². The summed E-state index contributed by atoms with van der Waals surface area (Å²) in [4.78, 5) is 10.7. The van der Waals surface area contributed by atoms with Crippen molar-refractivity contribution in [2.45, 2.75) is 25.0 Å². The molecule has 1 rings (SSSR count). The van der Waals surface area contributed by atoms with Crippen LogP contribution in [0.3, 0.4) is 0 Å². The normalized spacial score (nSPS) is 23.9. The van der Waals surface area contributed by atoms with E-state index in [0.29, 0.717) is 6.42 Å². The highest BCUT2D eigenvalue weighted by Gasteiger charge is 2.38. The topological polar surface area (TPSA) is 98.5 Å². The highest BCUT2D eigenvalue weighted by Crippen LogP contribution is 2.22. The largest absolute Gasteiger partial charge is 0.481 e. The van der Waals surface area contributed by atoms with Crippen LogP contribution in [0.15, 0.2) is 0 Å². The molecule has 2 atom stereocenters. The van der Waals surface area contributed by atoms with E-state index >= 15 is 0 Å². The Balaban J connectivity index is 2.81. The summed E-state index contributed by atoms with van der Waals surface area (Å²) in [6.45, 7) is 1.80. The highest BCUT2D eigenvalue weighted by molar-refractivity contribution is 7.90. The summed E-state index contributed by atoms with van der Waals surface area (Å²) in [5.74, 6) is -1.63. The number of nitrogens with zero attached hydrogens (tertiary/aromatic N) is 2. The van der Waals surface area contributed by atoms with E-state index in [1.165, 1.54) is 0 Å². The fourth-order valence-electron chi connectivity index (χ4n) is 1.71. The van der Waals surface area contributed by atoms with Crippen LogP contribution in [0.5, 0.6) is 0 Å². The van der Waals surface area contributed by atoms with Crippen LogP contribution < -0.4 is 0 Å². The first kappa shape index (κ1) is 12.9. The lowest BCUT2D eigenvalue weighted by molar-refractivity contribution is -0.141. The van der Waals surface area contributed by atoms with E-state index in [0.717, 1.165) is 4.31 Å². The molecule has 0 spiro atoms. The van der Waals surface area contributed by atoms with Crippen LogP contribution >= 0.6 is 0 Å². The van der Waals surface area contributed by atoms with E-state index in [4.69, 9.17) is 10.4 Å². The molecule has 1 heterocycles. The summed E-state index contributed by atoms with van der Waals surface area (Å²) in [5.41, 5.74) is 0. The Bertz CT molecular complexity index is 412. The van der Waals surface area contributed by atoms with Gasteiger partial charge in [-0.05, 0) is 12.8 Å². The van der Waals surface area contributed by atoms with Gasteiger partial charge in [0, 0.05) is 13.1 Å². The molecule has 0 radical (unpaired) electrons. The molecule has 0 amide bonds. The predicted molar refractivity (Wildman–Crippen MR) is 55.9 cm³/mol. The third kappa shape index (κ3) is 2.33. The van der Waals surface area contributed by atoms with Crippen molar-refractivity contribution < 1.29 is 18.3 Å². The molecule has 1 aliphatic heterocycles. The van der Waals surface area contributed by atoms with Crippen molar-refractivity contribution in [3.63, 3.8) is 0 Å². The van der Waals surface area contributed by atoms with Crippen molar-refractivity contribution in [3.05, 3.63) is 0 Å². The molecule has 1 fully saturated rings. The van der Waals surface area contributed by atoms with Gasteiger partial charge in [0.2, 0.25) is 10.0 Å². The maximum Gasteiger partial charge on any atom is 0.307 e. The number of carboxylic acid groups (broad SMARTS) is 1. The van der Waals surface area contributed by atoms with Gasteiger partial charge in [-0.15, -0.1) is 0 Å². The first-order valence-electron chi connectivity index (χ1n) is 5.04. The van der Waals surface area contributed by atoms with Gasteiger partial charge in [0.15, 0.2) is 5.25 Å². The third-order valence-corrected chi connectivity index (χ3v) is 4.94. The Hall–Kier alpha value is -1.13. The maximum atomic E-state index is 11.9. The van der Waals surface area contributed by atoms with Crippen molar-refractivity contribution in [1.82, 2.24) is 4.31 Å². The fraction of sp³-hybridized carbons (Fsp3) is 0.778. The van der Waals surface area contributed by atoms with Gasteiger partial charge in [0.05, 0.1) is 12.0 Å². The first-order valence-corrected chi connectivity index (χ1v) is 6.55. The Labute approximate surface area is 94.5 Å². The molecule has 16 heavy (non-hydrogen) atoms. The number of sulfonamides is 1. The van der Waals surface area contributed by atoms with E-state index in [9.17, 15) is 13.2 Å². The Morgan fingerprint density at radius 3 is 2.69 bits per heavy atom. The summed E-state index contributed by atoms with van der Waals surface area (Å²) >= 11 is 0. The van der Waals surface area contributed by atoms with Crippen LogP contribution in [-0.2, 0) is 14.8 Å². The van der Waals surface area contributed by atoms with Gasteiger partial charge in [-0.25, -0.2) is 8.42 Å². The molecule has 0 saturated carbocycles. The molecule has 0 aromatic heterocycles. The van der Waals surface area contributed by atoms with Gasteiger partial charge in [0.25, 0.3) is 0 Å². The van der Waals surface area contributed by atoms with Gasteiger partial charge >= 0.3 is 5.97 Å². The van der Waals surface area contributed by atoms with E-state index in [-0.39, 0.29) is 19.5 Å². The second kappa shape index (κ2) is 4.80. The SMILES string of the molecule is CCC(C#N)S(=O)(=O)N1CCC(C(=O)O)C1. The molecule has 1 aliphatic rings. The minimum atomic E-state index is -3.66. The van der Waals surface area contributed by atoms with Crippen LogP contribution in [0.1, 0.15) is 19.8 Å². The van der Waals surface area contributed by atoms with Crippen LogP contribution in [0.2, 0.25) is 0 Å². The van der Waals surface area contributed by atoms with Crippen LogP contribution in [0, 0.1) is 17.2 Å². The molecule has 0 aliphatic carbocycles. The lowest BCUT2D eigenvalue weighted by Crippen LogP contribution is -2.37. The second-order valence-electron chi connectivity index (χ2n) is 3.75. The van der Waals surface area contributed by atoms with Crippen LogP contribution in [0.4, 0.5) is 0 Å². The summed E-state index contributed by atoms with van der Waals surface area (Å²) in [7, 11) is -3.66. The average molecular weight is 246 g/mol. The zero-order valence-electron chi connectivity index (χ0n) is 8.96. The lowest BCUT2D eigenvalue weighted by atomic mass is 10.1. The van der Waals surface area contributed by atoms with Crippen molar-refractivity contribution in [2.75, 3.05) is 13.1 Å².